The Morgan fingerprint density at radius 2 is 2.00 bits per heavy atom. The Kier molecular flexibility index (Phi) is 8.16. The van der Waals surface area contributed by atoms with Crippen LogP contribution in [-0.2, 0) is 4.74 Å². The largest absolute Gasteiger partial charge is 0.486 e. The lowest BCUT2D eigenvalue weighted by atomic mass is 10.2. The first-order valence-electron chi connectivity index (χ1n) is 9.32. The number of para-hydroxylation sites is 1. The highest BCUT2D eigenvalue weighted by atomic mass is 19.1. The van der Waals surface area contributed by atoms with Gasteiger partial charge in [-0.25, -0.2) is 9.18 Å². The van der Waals surface area contributed by atoms with E-state index in [-0.39, 0.29) is 23.7 Å². The number of nitrogens with one attached hydrogen (secondary N) is 3. The molecular formula is C19H29FN4O3. The van der Waals surface area contributed by atoms with E-state index in [0.29, 0.717) is 31.6 Å². The molecule has 0 radical (unpaired) electrons. The molecule has 0 heterocycles. The summed E-state index contributed by atoms with van der Waals surface area (Å²) in [5, 5.41) is 9.25. The predicted octanol–water partition coefficient (Wildman–Crippen LogP) is 2.28. The van der Waals surface area contributed by atoms with E-state index in [1.54, 1.807) is 32.2 Å². The van der Waals surface area contributed by atoms with Crippen molar-refractivity contribution in [1.82, 2.24) is 16.0 Å². The Bertz CT molecular complexity index is 637. The molecule has 1 aromatic carbocycles. The molecule has 0 bridgehead atoms. The number of ether oxygens (including phenoxy) is 2. The molecule has 0 aromatic heterocycles. The number of alkyl carbamates (subject to hydrolysis) is 1. The van der Waals surface area contributed by atoms with Crippen LogP contribution in [0.25, 0.3) is 0 Å². The third-order valence-electron chi connectivity index (χ3n) is 4.20. The lowest BCUT2D eigenvalue weighted by molar-refractivity contribution is 0.146. The van der Waals surface area contributed by atoms with Crippen LogP contribution < -0.4 is 20.7 Å². The summed E-state index contributed by atoms with van der Waals surface area (Å²) in [5.41, 5.74) is 0. The molecule has 1 fully saturated rings. The highest BCUT2D eigenvalue weighted by molar-refractivity contribution is 5.79. The van der Waals surface area contributed by atoms with Gasteiger partial charge >= 0.3 is 6.09 Å². The lowest BCUT2D eigenvalue weighted by Crippen LogP contribution is -2.49. The molecule has 8 heteroatoms. The highest BCUT2D eigenvalue weighted by Gasteiger charge is 2.32. The summed E-state index contributed by atoms with van der Waals surface area (Å²) in [7, 11) is 1.67. The molecule has 0 aliphatic heterocycles. The van der Waals surface area contributed by atoms with Crippen molar-refractivity contribution >= 4 is 12.1 Å². The van der Waals surface area contributed by atoms with Crippen LogP contribution in [0.1, 0.15) is 26.7 Å². The van der Waals surface area contributed by atoms with Crippen LogP contribution in [0.15, 0.2) is 29.3 Å². The minimum Gasteiger partial charge on any atom is -0.486 e. The number of hydrogen-bond acceptors (Lipinski definition) is 4. The fourth-order valence-electron chi connectivity index (χ4n) is 2.62. The van der Waals surface area contributed by atoms with Gasteiger partial charge in [-0.1, -0.05) is 12.1 Å². The Morgan fingerprint density at radius 3 is 2.63 bits per heavy atom. The van der Waals surface area contributed by atoms with Crippen LogP contribution in [0.5, 0.6) is 5.75 Å². The number of halogens is 1. The van der Waals surface area contributed by atoms with Gasteiger partial charge in [0.2, 0.25) is 0 Å². The van der Waals surface area contributed by atoms with E-state index in [1.807, 2.05) is 6.92 Å². The van der Waals surface area contributed by atoms with E-state index in [9.17, 15) is 9.18 Å². The average molecular weight is 380 g/mol. The molecule has 2 atom stereocenters. The van der Waals surface area contributed by atoms with Crippen LogP contribution >= 0.6 is 0 Å². The number of guanidine groups is 1. The number of carbonyl (C=O) groups excluding carboxylic acids is 1. The van der Waals surface area contributed by atoms with Crippen molar-refractivity contribution in [3.8, 4) is 5.75 Å². The van der Waals surface area contributed by atoms with Crippen LogP contribution in [0.4, 0.5) is 9.18 Å². The van der Waals surface area contributed by atoms with Crippen molar-refractivity contribution in [1.29, 1.82) is 0 Å². The van der Waals surface area contributed by atoms with Gasteiger partial charge in [0, 0.05) is 13.6 Å². The van der Waals surface area contributed by atoms with Crippen LogP contribution in [-0.4, -0.2) is 50.9 Å². The van der Waals surface area contributed by atoms with E-state index in [2.05, 4.69) is 20.9 Å². The Labute approximate surface area is 159 Å². The molecule has 1 aromatic rings. The number of carbonyl (C=O) groups is 1. The summed E-state index contributed by atoms with van der Waals surface area (Å²) >= 11 is 0. The van der Waals surface area contributed by atoms with E-state index in [0.717, 1.165) is 12.8 Å². The number of nitrogens with zero attached hydrogens (tertiary/aromatic N) is 1. The van der Waals surface area contributed by atoms with Crippen molar-refractivity contribution in [2.75, 3.05) is 26.7 Å². The normalized spacial score (nSPS) is 16.2. The van der Waals surface area contributed by atoms with Crippen molar-refractivity contribution in [2.24, 2.45) is 10.9 Å². The molecule has 27 heavy (non-hydrogen) atoms. The number of benzene rings is 1. The average Bonchev–Trinajstić information content (AvgIpc) is 3.48. The molecule has 0 saturated heterocycles. The van der Waals surface area contributed by atoms with Gasteiger partial charge in [-0.05, 0) is 44.7 Å². The fourth-order valence-corrected chi connectivity index (χ4v) is 2.62. The number of rotatable bonds is 9. The van der Waals surface area contributed by atoms with Crippen LogP contribution in [0.2, 0.25) is 0 Å². The zero-order chi connectivity index (χ0) is 19.6. The summed E-state index contributed by atoms with van der Waals surface area (Å²) in [6.07, 6.45) is 1.54. The van der Waals surface area contributed by atoms with Gasteiger partial charge < -0.3 is 25.4 Å². The van der Waals surface area contributed by atoms with Gasteiger partial charge in [0.25, 0.3) is 0 Å². The van der Waals surface area contributed by atoms with Gasteiger partial charge in [-0.15, -0.1) is 0 Å². The topological polar surface area (TPSA) is 84.0 Å². The molecule has 2 rings (SSSR count). The van der Waals surface area contributed by atoms with Gasteiger partial charge in [-0.2, -0.15) is 0 Å². The van der Waals surface area contributed by atoms with Crippen molar-refractivity contribution in [3.05, 3.63) is 30.1 Å². The Hall–Kier alpha value is -2.51. The monoisotopic (exact) mass is 380 g/mol. The molecule has 0 spiro atoms. The third kappa shape index (κ3) is 7.32. The van der Waals surface area contributed by atoms with Crippen molar-refractivity contribution in [2.45, 2.75) is 38.8 Å². The smallest absolute Gasteiger partial charge is 0.407 e. The van der Waals surface area contributed by atoms with E-state index in [1.165, 1.54) is 6.07 Å². The van der Waals surface area contributed by atoms with E-state index in [4.69, 9.17) is 9.47 Å². The lowest BCUT2D eigenvalue weighted by Gasteiger charge is -2.21. The van der Waals surface area contributed by atoms with E-state index < -0.39 is 6.09 Å². The molecule has 1 saturated carbocycles. The third-order valence-corrected chi connectivity index (χ3v) is 4.20. The molecule has 150 valence electrons. The molecule has 1 amide bonds. The first-order valence-corrected chi connectivity index (χ1v) is 9.32. The first kappa shape index (κ1) is 20.8. The van der Waals surface area contributed by atoms with Gasteiger partial charge in [0.1, 0.15) is 6.10 Å². The molecule has 1 aliphatic carbocycles. The SMILES string of the molecule is CCOC(=O)NC(CNC(=NC)NCC(C)Oc1ccccc1F)C1CC1. The van der Waals surface area contributed by atoms with Gasteiger partial charge in [-0.3, -0.25) is 4.99 Å². The zero-order valence-corrected chi connectivity index (χ0v) is 16.1. The summed E-state index contributed by atoms with van der Waals surface area (Å²) in [5.74, 6) is 0.893. The number of aliphatic imine (C=N–C) groups is 1. The first-order chi connectivity index (χ1) is 13.0. The maximum absolute atomic E-state index is 13.6. The second-order valence-corrected chi connectivity index (χ2v) is 6.50. The second-order valence-electron chi connectivity index (χ2n) is 6.50. The van der Waals surface area contributed by atoms with E-state index >= 15 is 0 Å². The van der Waals surface area contributed by atoms with Crippen molar-refractivity contribution in [3.63, 3.8) is 0 Å². The van der Waals surface area contributed by atoms with Crippen LogP contribution in [0, 0.1) is 11.7 Å². The molecule has 7 nitrogen and oxygen atoms in total. The minimum absolute atomic E-state index is 0.00492. The minimum atomic E-state index is -0.397. The maximum atomic E-state index is 13.6. The standard InChI is InChI=1S/C19H29FN4O3/c1-4-26-19(25)24-16(14-9-10-14)12-23-18(21-3)22-11-13(2)27-17-8-6-5-7-15(17)20/h5-8,13-14,16H,4,9-12H2,1-3H3,(H,24,25)(H2,21,22,23). The Balaban J connectivity index is 1.75. The number of amides is 1. The second kappa shape index (κ2) is 10.6. The van der Waals surface area contributed by atoms with Gasteiger partial charge in [0.15, 0.2) is 17.5 Å². The summed E-state index contributed by atoms with van der Waals surface area (Å²) in [6.45, 7) is 4.97. The molecular weight excluding hydrogens is 351 g/mol. The quantitative estimate of drug-likeness (QED) is 0.452. The van der Waals surface area contributed by atoms with Gasteiger partial charge in [0.05, 0.1) is 19.2 Å². The summed E-state index contributed by atoms with van der Waals surface area (Å²) < 4.78 is 24.2. The fraction of sp³-hybridized carbons (Fsp3) is 0.579. The van der Waals surface area contributed by atoms with Crippen molar-refractivity contribution < 1.29 is 18.7 Å². The number of hydrogen-bond donors (Lipinski definition) is 3. The van der Waals surface area contributed by atoms with Crippen LogP contribution in [0.3, 0.4) is 0 Å². The molecule has 3 N–H and O–H groups in total. The predicted molar refractivity (Wildman–Crippen MR) is 103 cm³/mol. The highest BCUT2D eigenvalue weighted by Crippen LogP contribution is 2.32. The maximum Gasteiger partial charge on any atom is 0.407 e. The molecule has 2 unspecified atom stereocenters. The zero-order valence-electron chi connectivity index (χ0n) is 16.1. The summed E-state index contributed by atoms with van der Waals surface area (Å²) in [6, 6.07) is 6.31. The Morgan fingerprint density at radius 1 is 1.30 bits per heavy atom. The molecule has 1 aliphatic rings. The summed E-state index contributed by atoms with van der Waals surface area (Å²) in [4.78, 5) is 15.8.